The number of anilines is 1. The standard InChI is InChI=1S/C23H31N3O6S/c1-32-23(29)18-3-5-19(6-4-18)26-21(27)15-20(22(26)28)24-11-7-16(8-12-24)17-9-13-25(14-10-17)33(2,30)31/h3-6,16-17,20H,7-15H2,1-2H3. The van der Waals surface area contributed by atoms with Crippen LogP contribution < -0.4 is 4.90 Å². The van der Waals surface area contributed by atoms with E-state index in [-0.39, 0.29) is 18.2 Å². The Morgan fingerprint density at radius 1 is 0.939 bits per heavy atom. The molecule has 0 saturated carbocycles. The molecule has 33 heavy (non-hydrogen) atoms. The molecular weight excluding hydrogens is 446 g/mol. The summed E-state index contributed by atoms with van der Waals surface area (Å²) in [5.41, 5.74) is 0.828. The van der Waals surface area contributed by atoms with E-state index in [4.69, 9.17) is 4.74 Å². The Hall–Kier alpha value is -2.30. The minimum Gasteiger partial charge on any atom is -0.465 e. The Bertz CT molecular complexity index is 1010. The zero-order valence-electron chi connectivity index (χ0n) is 19.1. The molecule has 1 unspecified atom stereocenters. The summed E-state index contributed by atoms with van der Waals surface area (Å²) in [6, 6.07) is 5.84. The number of carbonyl (C=O) groups is 3. The largest absolute Gasteiger partial charge is 0.465 e. The number of hydrogen-bond acceptors (Lipinski definition) is 7. The highest BCUT2D eigenvalue weighted by Gasteiger charge is 2.44. The van der Waals surface area contributed by atoms with E-state index in [0.29, 0.717) is 36.2 Å². The van der Waals surface area contributed by atoms with Gasteiger partial charge in [-0.3, -0.25) is 14.5 Å². The Morgan fingerprint density at radius 2 is 1.48 bits per heavy atom. The van der Waals surface area contributed by atoms with Crippen LogP contribution in [0.1, 0.15) is 42.5 Å². The van der Waals surface area contributed by atoms with Crippen molar-refractivity contribution in [2.24, 2.45) is 11.8 Å². The van der Waals surface area contributed by atoms with Gasteiger partial charge in [0.2, 0.25) is 15.9 Å². The highest BCUT2D eigenvalue weighted by Crippen LogP contribution is 2.35. The lowest BCUT2D eigenvalue weighted by atomic mass is 9.79. The Morgan fingerprint density at radius 3 is 2.00 bits per heavy atom. The van der Waals surface area contributed by atoms with Gasteiger partial charge in [-0.05, 0) is 74.9 Å². The Kier molecular flexibility index (Phi) is 6.88. The van der Waals surface area contributed by atoms with Gasteiger partial charge >= 0.3 is 5.97 Å². The molecule has 0 N–H and O–H groups in total. The third-order valence-electron chi connectivity index (χ3n) is 7.32. The molecule has 4 rings (SSSR count). The smallest absolute Gasteiger partial charge is 0.337 e. The van der Waals surface area contributed by atoms with E-state index in [1.54, 1.807) is 28.6 Å². The average molecular weight is 478 g/mol. The lowest BCUT2D eigenvalue weighted by Crippen LogP contribution is -2.47. The van der Waals surface area contributed by atoms with E-state index in [0.717, 1.165) is 38.8 Å². The lowest BCUT2D eigenvalue weighted by Gasteiger charge is -2.40. The van der Waals surface area contributed by atoms with Crippen LogP contribution in [-0.2, 0) is 24.3 Å². The Balaban J connectivity index is 1.33. The highest BCUT2D eigenvalue weighted by atomic mass is 32.2. The summed E-state index contributed by atoms with van der Waals surface area (Å²) in [6.45, 7) is 2.69. The van der Waals surface area contributed by atoms with Gasteiger partial charge in [-0.25, -0.2) is 22.4 Å². The molecule has 180 valence electrons. The predicted octanol–water partition coefficient (Wildman–Crippen LogP) is 1.49. The van der Waals surface area contributed by atoms with Gasteiger partial charge in [-0.2, -0.15) is 0 Å². The molecule has 3 saturated heterocycles. The van der Waals surface area contributed by atoms with Crippen LogP contribution in [-0.4, -0.2) is 81.0 Å². The van der Waals surface area contributed by atoms with Crippen molar-refractivity contribution in [3.63, 3.8) is 0 Å². The fraction of sp³-hybridized carbons (Fsp3) is 0.609. The van der Waals surface area contributed by atoms with Crippen molar-refractivity contribution in [2.75, 3.05) is 44.4 Å². The summed E-state index contributed by atoms with van der Waals surface area (Å²) in [5.74, 6) is 0.119. The van der Waals surface area contributed by atoms with Crippen LogP contribution in [0, 0.1) is 11.8 Å². The molecule has 0 bridgehead atoms. The predicted molar refractivity (Wildman–Crippen MR) is 122 cm³/mol. The van der Waals surface area contributed by atoms with Gasteiger partial charge in [-0.1, -0.05) is 0 Å². The number of rotatable bonds is 5. The van der Waals surface area contributed by atoms with E-state index in [9.17, 15) is 22.8 Å². The number of imide groups is 1. The van der Waals surface area contributed by atoms with Crippen molar-refractivity contribution in [1.29, 1.82) is 0 Å². The van der Waals surface area contributed by atoms with Crippen LogP contribution in [0.2, 0.25) is 0 Å². The molecule has 1 aromatic carbocycles. The first-order valence-corrected chi connectivity index (χ1v) is 13.3. The summed E-state index contributed by atoms with van der Waals surface area (Å²) >= 11 is 0. The van der Waals surface area contributed by atoms with Crippen molar-refractivity contribution >= 4 is 33.5 Å². The first-order chi connectivity index (χ1) is 15.7. The molecule has 1 aromatic rings. The maximum absolute atomic E-state index is 13.1. The zero-order valence-corrected chi connectivity index (χ0v) is 19.9. The summed E-state index contributed by atoms with van der Waals surface area (Å²) in [4.78, 5) is 40.7. The second kappa shape index (κ2) is 9.52. The van der Waals surface area contributed by atoms with E-state index in [1.165, 1.54) is 18.3 Å². The van der Waals surface area contributed by atoms with Crippen LogP contribution in [0.25, 0.3) is 0 Å². The molecule has 3 fully saturated rings. The van der Waals surface area contributed by atoms with E-state index >= 15 is 0 Å². The van der Waals surface area contributed by atoms with Gasteiger partial charge < -0.3 is 4.74 Å². The van der Waals surface area contributed by atoms with Gasteiger partial charge in [0, 0.05) is 13.1 Å². The molecule has 3 heterocycles. The lowest BCUT2D eigenvalue weighted by molar-refractivity contribution is -0.123. The van der Waals surface area contributed by atoms with Crippen LogP contribution in [0.3, 0.4) is 0 Å². The van der Waals surface area contributed by atoms with E-state index in [2.05, 4.69) is 4.90 Å². The van der Waals surface area contributed by atoms with Crippen LogP contribution >= 0.6 is 0 Å². The normalized spacial score (nSPS) is 24.4. The summed E-state index contributed by atoms with van der Waals surface area (Å²) < 4.78 is 29.7. The third-order valence-corrected chi connectivity index (χ3v) is 8.62. The van der Waals surface area contributed by atoms with Gasteiger partial charge in [0.25, 0.3) is 5.91 Å². The second-order valence-corrected chi connectivity index (χ2v) is 11.2. The molecule has 2 amide bonds. The summed E-state index contributed by atoms with van der Waals surface area (Å²) in [5, 5.41) is 0. The SMILES string of the molecule is COC(=O)c1ccc(N2C(=O)CC(N3CCC(C4CCN(S(C)(=O)=O)CC4)CC3)C2=O)cc1. The number of likely N-dealkylation sites (tertiary alicyclic amines) is 1. The number of carbonyl (C=O) groups excluding carboxylic acids is 3. The van der Waals surface area contributed by atoms with Gasteiger partial charge in [0.15, 0.2) is 0 Å². The van der Waals surface area contributed by atoms with Gasteiger partial charge in [0.1, 0.15) is 0 Å². The number of sulfonamides is 1. The first kappa shape index (κ1) is 23.8. The van der Waals surface area contributed by atoms with E-state index < -0.39 is 22.0 Å². The monoisotopic (exact) mass is 477 g/mol. The zero-order chi connectivity index (χ0) is 23.8. The molecular formula is C23H31N3O6S. The third kappa shape index (κ3) is 4.97. The molecule has 3 aliphatic rings. The minimum absolute atomic E-state index is 0.162. The molecule has 1 atom stereocenters. The summed E-state index contributed by atoms with van der Waals surface area (Å²) in [7, 11) is -1.82. The minimum atomic E-state index is -3.12. The molecule has 0 aromatic heterocycles. The fourth-order valence-electron chi connectivity index (χ4n) is 5.42. The molecule has 0 radical (unpaired) electrons. The number of esters is 1. The quantitative estimate of drug-likeness (QED) is 0.467. The van der Waals surface area contributed by atoms with Gasteiger partial charge in [0.05, 0.1) is 37.1 Å². The number of hydrogen-bond donors (Lipinski definition) is 0. The van der Waals surface area contributed by atoms with Gasteiger partial charge in [-0.15, -0.1) is 0 Å². The molecule has 0 aliphatic carbocycles. The first-order valence-electron chi connectivity index (χ1n) is 11.4. The average Bonchev–Trinajstić information content (AvgIpc) is 3.12. The Labute approximate surface area is 194 Å². The summed E-state index contributed by atoms with van der Waals surface area (Å²) in [6.07, 6.45) is 5.10. The number of piperidine rings is 2. The second-order valence-electron chi connectivity index (χ2n) is 9.20. The number of ether oxygens (including phenoxy) is 1. The maximum Gasteiger partial charge on any atom is 0.337 e. The van der Waals surface area contributed by atoms with Crippen molar-refractivity contribution in [1.82, 2.24) is 9.21 Å². The molecule has 10 heteroatoms. The number of benzene rings is 1. The van der Waals surface area contributed by atoms with Crippen LogP contribution in [0.5, 0.6) is 0 Å². The maximum atomic E-state index is 13.1. The number of amides is 2. The van der Waals surface area contributed by atoms with Crippen LogP contribution in [0.15, 0.2) is 24.3 Å². The number of methoxy groups -OCH3 is 1. The molecule has 9 nitrogen and oxygen atoms in total. The molecule has 0 spiro atoms. The fourth-order valence-corrected chi connectivity index (χ4v) is 6.29. The molecule has 3 aliphatic heterocycles. The van der Waals surface area contributed by atoms with Crippen molar-refractivity contribution in [2.45, 2.75) is 38.1 Å². The van der Waals surface area contributed by atoms with Crippen molar-refractivity contribution in [3.05, 3.63) is 29.8 Å². The van der Waals surface area contributed by atoms with Crippen LogP contribution in [0.4, 0.5) is 5.69 Å². The topological polar surface area (TPSA) is 104 Å². The highest BCUT2D eigenvalue weighted by molar-refractivity contribution is 7.88. The van der Waals surface area contributed by atoms with Crippen molar-refractivity contribution < 1.29 is 27.5 Å². The van der Waals surface area contributed by atoms with Crippen molar-refractivity contribution in [3.8, 4) is 0 Å². The number of nitrogens with zero attached hydrogens (tertiary/aromatic N) is 3. The van der Waals surface area contributed by atoms with E-state index in [1.807, 2.05) is 0 Å².